The van der Waals surface area contributed by atoms with Gasteiger partial charge in [-0.25, -0.2) is 4.79 Å². The maximum Gasteiger partial charge on any atom is 0.343 e. The van der Waals surface area contributed by atoms with Crippen molar-refractivity contribution in [1.29, 1.82) is 0 Å². The zero-order valence-electron chi connectivity index (χ0n) is 21.6. The second kappa shape index (κ2) is 14.2. The Morgan fingerprint density at radius 3 is 2.15 bits per heavy atom. The van der Waals surface area contributed by atoms with E-state index in [0.717, 1.165) is 31.1 Å². The number of hydrogen-bond acceptors (Lipinski definition) is 3. The fourth-order valence-corrected chi connectivity index (χ4v) is 4.85. The molecule has 1 saturated carbocycles. The molecule has 3 heteroatoms. The van der Waals surface area contributed by atoms with Gasteiger partial charge in [0.2, 0.25) is 0 Å². The number of carbonyl (C=O) groups excluding carboxylic acids is 1. The van der Waals surface area contributed by atoms with Crippen molar-refractivity contribution in [1.82, 2.24) is 0 Å². The molecule has 1 aliphatic carbocycles. The Morgan fingerprint density at radius 2 is 1.50 bits per heavy atom. The predicted molar refractivity (Wildman–Crippen MR) is 141 cm³/mol. The largest absolute Gasteiger partial charge is 0.493 e. The molecule has 0 N–H and O–H groups in total. The van der Waals surface area contributed by atoms with Gasteiger partial charge in [-0.3, -0.25) is 0 Å². The fraction of sp³-hybridized carbons (Fsp3) is 0.581. The average molecular weight is 465 g/mol. The summed E-state index contributed by atoms with van der Waals surface area (Å²) in [4.78, 5) is 12.5. The van der Waals surface area contributed by atoms with E-state index in [1.54, 1.807) is 12.1 Å². The van der Waals surface area contributed by atoms with E-state index in [2.05, 4.69) is 20.8 Å². The molecule has 0 aliphatic heterocycles. The quantitative estimate of drug-likeness (QED) is 0.169. The lowest BCUT2D eigenvalue weighted by Crippen LogP contribution is -2.20. The SMILES string of the molecule is CCCCCC[C@H]1CC[C@H](COc2ccc(C(=O)Oc3ccc(C[C@@H](C)CC)cc3)cc2)CC1. The average Bonchev–Trinajstić information content (AvgIpc) is 2.87. The van der Waals surface area contributed by atoms with E-state index in [9.17, 15) is 4.79 Å². The number of hydrogen-bond donors (Lipinski definition) is 0. The molecule has 3 rings (SSSR count). The monoisotopic (exact) mass is 464 g/mol. The lowest BCUT2D eigenvalue weighted by molar-refractivity contribution is 0.0734. The van der Waals surface area contributed by atoms with Gasteiger partial charge >= 0.3 is 5.97 Å². The molecule has 0 heterocycles. The zero-order chi connectivity index (χ0) is 24.2. The van der Waals surface area contributed by atoms with Crippen molar-refractivity contribution in [3.05, 3.63) is 59.7 Å². The summed E-state index contributed by atoms with van der Waals surface area (Å²) in [7, 11) is 0. The highest BCUT2D eigenvalue weighted by Crippen LogP contribution is 2.32. The van der Waals surface area contributed by atoms with Crippen molar-refractivity contribution in [2.75, 3.05) is 6.61 Å². The van der Waals surface area contributed by atoms with Gasteiger partial charge < -0.3 is 9.47 Å². The first-order valence-corrected chi connectivity index (χ1v) is 13.6. The van der Waals surface area contributed by atoms with E-state index < -0.39 is 0 Å². The van der Waals surface area contributed by atoms with Crippen LogP contribution in [0.25, 0.3) is 0 Å². The minimum atomic E-state index is -0.335. The van der Waals surface area contributed by atoms with Gasteiger partial charge in [-0.15, -0.1) is 0 Å². The summed E-state index contributed by atoms with van der Waals surface area (Å²) in [5, 5.41) is 0. The van der Waals surface area contributed by atoms with E-state index in [1.807, 2.05) is 36.4 Å². The van der Waals surface area contributed by atoms with Crippen LogP contribution in [-0.2, 0) is 6.42 Å². The maximum atomic E-state index is 12.5. The van der Waals surface area contributed by atoms with Gasteiger partial charge in [0.1, 0.15) is 11.5 Å². The number of rotatable bonds is 13. The zero-order valence-corrected chi connectivity index (χ0v) is 21.6. The van der Waals surface area contributed by atoms with E-state index in [-0.39, 0.29) is 5.97 Å². The van der Waals surface area contributed by atoms with Crippen molar-refractivity contribution < 1.29 is 14.3 Å². The Morgan fingerprint density at radius 1 is 0.853 bits per heavy atom. The van der Waals surface area contributed by atoms with Crippen molar-refractivity contribution in [2.24, 2.45) is 17.8 Å². The predicted octanol–water partition coefficient (Wildman–Crippen LogP) is 8.65. The second-order valence-electron chi connectivity index (χ2n) is 10.3. The smallest absolute Gasteiger partial charge is 0.343 e. The summed E-state index contributed by atoms with van der Waals surface area (Å²) in [6.07, 6.45) is 14.4. The lowest BCUT2D eigenvalue weighted by Gasteiger charge is -2.28. The lowest BCUT2D eigenvalue weighted by atomic mass is 9.80. The van der Waals surface area contributed by atoms with Crippen molar-refractivity contribution >= 4 is 5.97 Å². The van der Waals surface area contributed by atoms with E-state index >= 15 is 0 Å². The molecule has 2 aromatic rings. The van der Waals surface area contributed by atoms with Crippen molar-refractivity contribution in [3.8, 4) is 11.5 Å². The third-order valence-electron chi connectivity index (χ3n) is 7.42. The first-order valence-electron chi connectivity index (χ1n) is 13.6. The van der Waals surface area contributed by atoms with Gasteiger partial charge in [0.05, 0.1) is 12.2 Å². The van der Waals surface area contributed by atoms with Crippen LogP contribution in [-0.4, -0.2) is 12.6 Å². The van der Waals surface area contributed by atoms with Gasteiger partial charge in [0, 0.05) is 0 Å². The van der Waals surface area contributed by atoms with Gasteiger partial charge in [-0.2, -0.15) is 0 Å². The normalized spacial score (nSPS) is 18.9. The van der Waals surface area contributed by atoms with E-state index in [0.29, 0.717) is 23.1 Å². The number of carbonyl (C=O) groups is 1. The van der Waals surface area contributed by atoms with Crippen LogP contribution in [0.1, 0.15) is 101 Å². The van der Waals surface area contributed by atoms with Crippen LogP contribution in [0, 0.1) is 17.8 Å². The molecule has 0 unspecified atom stereocenters. The van der Waals surface area contributed by atoms with Crippen LogP contribution in [0.4, 0.5) is 0 Å². The Kier molecular flexibility index (Phi) is 11.0. The number of esters is 1. The Labute approximate surface area is 207 Å². The molecule has 1 fully saturated rings. The molecule has 0 bridgehead atoms. The fourth-order valence-electron chi connectivity index (χ4n) is 4.85. The molecule has 186 valence electrons. The topological polar surface area (TPSA) is 35.5 Å². The van der Waals surface area contributed by atoms with Crippen LogP contribution in [0.15, 0.2) is 48.5 Å². The first-order chi connectivity index (χ1) is 16.6. The minimum Gasteiger partial charge on any atom is -0.493 e. The Balaban J connectivity index is 1.38. The third-order valence-corrected chi connectivity index (χ3v) is 7.42. The molecule has 0 radical (unpaired) electrons. The van der Waals surface area contributed by atoms with Crippen LogP contribution >= 0.6 is 0 Å². The van der Waals surface area contributed by atoms with Crippen molar-refractivity contribution in [3.63, 3.8) is 0 Å². The van der Waals surface area contributed by atoms with Gasteiger partial charge in [0.15, 0.2) is 0 Å². The van der Waals surface area contributed by atoms with Gasteiger partial charge in [-0.05, 0) is 79.0 Å². The van der Waals surface area contributed by atoms with E-state index in [4.69, 9.17) is 9.47 Å². The summed E-state index contributed by atoms with van der Waals surface area (Å²) in [5.41, 5.74) is 1.82. The molecule has 1 aliphatic rings. The summed E-state index contributed by atoms with van der Waals surface area (Å²) >= 11 is 0. The van der Waals surface area contributed by atoms with Gasteiger partial charge in [0.25, 0.3) is 0 Å². The molecule has 0 saturated heterocycles. The number of unbranched alkanes of at least 4 members (excludes halogenated alkanes) is 3. The molecular formula is C31H44O3. The molecule has 2 aromatic carbocycles. The summed E-state index contributed by atoms with van der Waals surface area (Å²) in [6.45, 7) is 7.51. The maximum absolute atomic E-state index is 12.5. The molecule has 0 aromatic heterocycles. The number of benzene rings is 2. The minimum absolute atomic E-state index is 0.335. The standard InChI is InChI=1S/C31H44O3/c1-4-6-7-8-9-25-10-12-27(13-11-25)23-33-29-20-16-28(17-21-29)31(32)34-30-18-14-26(15-19-30)22-24(3)5-2/h14-21,24-25,27H,4-13,22-23H2,1-3H3/t24-,25-,27-/m0/s1. The molecular weight excluding hydrogens is 420 g/mol. The third kappa shape index (κ3) is 8.81. The van der Waals surface area contributed by atoms with Crippen molar-refractivity contribution in [2.45, 2.75) is 91.4 Å². The Hall–Kier alpha value is -2.29. The highest BCUT2D eigenvalue weighted by Gasteiger charge is 2.21. The molecule has 0 spiro atoms. The van der Waals surface area contributed by atoms with Crippen LogP contribution in [0.3, 0.4) is 0 Å². The number of ether oxygens (including phenoxy) is 2. The molecule has 34 heavy (non-hydrogen) atoms. The first kappa shape index (κ1) is 26.3. The summed E-state index contributed by atoms with van der Waals surface area (Å²) < 4.78 is 11.6. The highest BCUT2D eigenvalue weighted by molar-refractivity contribution is 5.91. The molecule has 1 atom stereocenters. The molecule has 3 nitrogen and oxygen atoms in total. The van der Waals surface area contributed by atoms with E-state index in [1.165, 1.54) is 63.4 Å². The van der Waals surface area contributed by atoms with Crippen LogP contribution < -0.4 is 9.47 Å². The van der Waals surface area contributed by atoms with Crippen LogP contribution in [0.5, 0.6) is 11.5 Å². The second-order valence-corrected chi connectivity index (χ2v) is 10.3. The highest BCUT2D eigenvalue weighted by atomic mass is 16.5. The van der Waals surface area contributed by atoms with Gasteiger partial charge in [-0.1, -0.05) is 84.3 Å². The Bertz CT molecular complexity index is 832. The summed E-state index contributed by atoms with van der Waals surface area (Å²) in [5.74, 6) is 3.31. The molecule has 0 amide bonds. The van der Waals surface area contributed by atoms with Crippen LogP contribution in [0.2, 0.25) is 0 Å². The summed E-state index contributed by atoms with van der Waals surface area (Å²) in [6, 6.07) is 15.2.